The second-order valence-corrected chi connectivity index (χ2v) is 5.53. The van der Waals surface area contributed by atoms with Crippen LogP contribution in [0.5, 0.6) is 0 Å². The Hall–Kier alpha value is -1.99. The van der Waals surface area contributed by atoms with Gasteiger partial charge in [-0.2, -0.15) is 4.68 Å². The first kappa shape index (κ1) is 14.0. The molecule has 3 rings (SSSR count). The maximum absolute atomic E-state index is 14.1. The summed E-state index contributed by atoms with van der Waals surface area (Å²) in [4.78, 5) is 0. The van der Waals surface area contributed by atoms with Crippen molar-refractivity contribution in [2.24, 2.45) is 0 Å². The Bertz CT molecular complexity index is 820. The van der Waals surface area contributed by atoms with E-state index in [1.807, 2.05) is 0 Å². The Balaban J connectivity index is 2.20. The summed E-state index contributed by atoms with van der Waals surface area (Å²) in [6.45, 7) is 0. The van der Waals surface area contributed by atoms with Gasteiger partial charge >= 0.3 is 0 Å². The van der Waals surface area contributed by atoms with Crippen molar-refractivity contribution < 1.29 is 4.39 Å². The van der Waals surface area contributed by atoms with E-state index in [-0.39, 0.29) is 5.69 Å². The van der Waals surface area contributed by atoms with E-state index in [1.165, 1.54) is 10.7 Å². The SMILES string of the molecule is Nc1c(Cl)cccc1-c1nnnn1-c1ccc(Br)cc1F. The van der Waals surface area contributed by atoms with Crippen LogP contribution in [-0.2, 0) is 0 Å². The molecule has 0 atom stereocenters. The molecule has 2 N–H and O–H groups in total. The van der Waals surface area contributed by atoms with Gasteiger partial charge in [-0.15, -0.1) is 5.10 Å². The van der Waals surface area contributed by atoms with Crippen LogP contribution < -0.4 is 5.73 Å². The van der Waals surface area contributed by atoms with Gasteiger partial charge < -0.3 is 5.73 Å². The zero-order chi connectivity index (χ0) is 15.0. The number of nitrogens with zero attached hydrogens (tertiary/aromatic N) is 4. The molecule has 0 radical (unpaired) electrons. The van der Waals surface area contributed by atoms with Gasteiger partial charge in [-0.1, -0.05) is 33.6 Å². The molecule has 0 aliphatic rings. The third-order valence-electron chi connectivity index (χ3n) is 2.90. The number of hydrogen-bond donors (Lipinski definition) is 1. The van der Waals surface area contributed by atoms with E-state index in [0.29, 0.717) is 26.6 Å². The van der Waals surface area contributed by atoms with Crippen LogP contribution in [0.4, 0.5) is 10.1 Å². The molecule has 0 bridgehead atoms. The maximum Gasteiger partial charge on any atom is 0.189 e. The highest BCUT2D eigenvalue weighted by Gasteiger charge is 2.17. The summed E-state index contributed by atoms with van der Waals surface area (Å²) in [5.41, 5.74) is 7.04. The Morgan fingerprint density at radius 1 is 1.24 bits per heavy atom. The van der Waals surface area contributed by atoms with Gasteiger partial charge in [0, 0.05) is 10.0 Å². The molecule has 3 aromatic rings. The average molecular weight is 369 g/mol. The molecule has 0 aliphatic heterocycles. The monoisotopic (exact) mass is 367 g/mol. The summed E-state index contributed by atoms with van der Waals surface area (Å²) in [6, 6.07) is 9.72. The molecule has 0 aliphatic carbocycles. The van der Waals surface area contributed by atoms with Gasteiger partial charge in [0.1, 0.15) is 11.5 Å². The fourth-order valence-electron chi connectivity index (χ4n) is 1.90. The lowest BCUT2D eigenvalue weighted by atomic mass is 10.1. The molecular weight excluding hydrogens is 361 g/mol. The number of aromatic nitrogens is 4. The topological polar surface area (TPSA) is 69.6 Å². The van der Waals surface area contributed by atoms with Crippen molar-refractivity contribution in [1.82, 2.24) is 20.2 Å². The average Bonchev–Trinajstić information content (AvgIpc) is 2.91. The first-order valence-electron chi connectivity index (χ1n) is 5.86. The van der Waals surface area contributed by atoms with Crippen molar-refractivity contribution in [1.29, 1.82) is 0 Å². The van der Waals surface area contributed by atoms with Gasteiger partial charge in [-0.3, -0.25) is 0 Å². The standard InChI is InChI=1S/C13H8BrClFN5/c14-7-4-5-11(10(16)6-7)21-13(18-19-20-21)8-2-1-3-9(15)12(8)17/h1-6H,17H2. The second-order valence-electron chi connectivity index (χ2n) is 4.21. The van der Waals surface area contributed by atoms with Crippen LogP contribution in [-0.4, -0.2) is 20.2 Å². The lowest BCUT2D eigenvalue weighted by molar-refractivity contribution is 0.607. The van der Waals surface area contributed by atoms with Gasteiger partial charge in [0.05, 0.1) is 10.7 Å². The molecule has 0 amide bonds. The summed E-state index contributed by atoms with van der Waals surface area (Å²) in [5, 5.41) is 11.7. The van der Waals surface area contributed by atoms with E-state index in [2.05, 4.69) is 31.5 Å². The minimum atomic E-state index is -0.460. The molecule has 2 aromatic carbocycles. The predicted octanol–water partition coefficient (Wildman–Crippen LogP) is 3.47. The van der Waals surface area contributed by atoms with Crippen LogP contribution >= 0.6 is 27.5 Å². The molecule has 8 heteroatoms. The zero-order valence-electron chi connectivity index (χ0n) is 10.5. The largest absolute Gasteiger partial charge is 0.397 e. The number of anilines is 1. The number of rotatable bonds is 2. The highest BCUT2D eigenvalue weighted by Crippen LogP contribution is 2.31. The Labute approximate surface area is 132 Å². The number of tetrazole rings is 1. The maximum atomic E-state index is 14.1. The molecule has 0 fully saturated rings. The van der Waals surface area contributed by atoms with Crippen molar-refractivity contribution in [2.45, 2.75) is 0 Å². The molecular formula is C13H8BrClFN5. The lowest BCUT2D eigenvalue weighted by Crippen LogP contribution is -2.04. The van der Waals surface area contributed by atoms with E-state index in [0.717, 1.165) is 0 Å². The van der Waals surface area contributed by atoms with Crippen molar-refractivity contribution >= 4 is 33.2 Å². The minimum absolute atomic E-state index is 0.220. The first-order chi connectivity index (χ1) is 10.1. The summed E-state index contributed by atoms with van der Waals surface area (Å²) in [7, 11) is 0. The Morgan fingerprint density at radius 3 is 2.81 bits per heavy atom. The van der Waals surface area contributed by atoms with Crippen LogP contribution in [0, 0.1) is 5.82 Å². The Morgan fingerprint density at radius 2 is 2.05 bits per heavy atom. The lowest BCUT2D eigenvalue weighted by Gasteiger charge is -2.08. The smallest absolute Gasteiger partial charge is 0.189 e. The molecule has 0 saturated heterocycles. The van der Waals surface area contributed by atoms with Crippen molar-refractivity contribution in [3.8, 4) is 17.1 Å². The molecule has 5 nitrogen and oxygen atoms in total. The third kappa shape index (κ3) is 2.50. The fraction of sp³-hybridized carbons (Fsp3) is 0. The number of para-hydroxylation sites is 1. The number of benzene rings is 2. The van der Waals surface area contributed by atoms with E-state index in [4.69, 9.17) is 17.3 Å². The number of hydrogen-bond acceptors (Lipinski definition) is 4. The highest BCUT2D eigenvalue weighted by molar-refractivity contribution is 9.10. The van der Waals surface area contributed by atoms with E-state index in [9.17, 15) is 4.39 Å². The van der Waals surface area contributed by atoms with Gasteiger partial charge in [0.15, 0.2) is 5.82 Å². The first-order valence-corrected chi connectivity index (χ1v) is 7.03. The van der Waals surface area contributed by atoms with Crippen molar-refractivity contribution in [3.63, 3.8) is 0 Å². The van der Waals surface area contributed by atoms with Crippen LogP contribution in [0.2, 0.25) is 5.02 Å². The minimum Gasteiger partial charge on any atom is -0.397 e. The summed E-state index contributed by atoms with van der Waals surface area (Å²) in [5.74, 6) is -0.144. The summed E-state index contributed by atoms with van der Waals surface area (Å²) < 4.78 is 16.0. The van der Waals surface area contributed by atoms with Crippen LogP contribution in [0.1, 0.15) is 0 Å². The second kappa shape index (κ2) is 5.42. The summed E-state index contributed by atoms with van der Waals surface area (Å²) >= 11 is 9.20. The molecule has 0 unspecified atom stereocenters. The van der Waals surface area contributed by atoms with Gasteiger partial charge in [0.25, 0.3) is 0 Å². The van der Waals surface area contributed by atoms with E-state index in [1.54, 1.807) is 30.3 Å². The van der Waals surface area contributed by atoms with Crippen molar-refractivity contribution in [2.75, 3.05) is 5.73 Å². The Kier molecular flexibility index (Phi) is 3.60. The fourth-order valence-corrected chi connectivity index (χ4v) is 2.41. The molecule has 21 heavy (non-hydrogen) atoms. The highest BCUT2D eigenvalue weighted by atomic mass is 79.9. The van der Waals surface area contributed by atoms with Gasteiger partial charge in [-0.05, 0) is 40.8 Å². The van der Waals surface area contributed by atoms with Gasteiger partial charge in [-0.25, -0.2) is 4.39 Å². The number of nitrogens with two attached hydrogens (primary N) is 1. The molecule has 106 valence electrons. The quantitative estimate of drug-likeness (QED) is 0.703. The number of halogens is 3. The molecule has 1 heterocycles. The number of nitrogen functional groups attached to an aromatic ring is 1. The van der Waals surface area contributed by atoms with Gasteiger partial charge in [0.2, 0.25) is 0 Å². The molecule has 0 saturated carbocycles. The predicted molar refractivity (Wildman–Crippen MR) is 81.7 cm³/mol. The van der Waals surface area contributed by atoms with Crippen molar-refractivity contribution in [3.05, 3.63) is 51.7 Å². The normalized spacial score (nSPS) is 10.8. The molecule has 0 spiro atoms. The molecule has 1 aromatic heterocycles. The van der Waals surface area contributed by atoms with E-state index >= 15 is 0 Å². The van der Waals surface area contributed by atoms with E-state index < -0.39 is 5.82 Å². The van der Waals surface area contributed by atoms with Crippen LogP contribution in [0.15, 0.2) is 40.9 Å². The zero-order valence-corrected chi connectivity index (χ0v) is 12.8. The summed E-state index contributed by atoms with van der Waals surface area (Å²) in [6.07, 6.45) is 0. The van der Waals surface area contributed by atoms with Crippen LogP contribution in [0.25, 0.3) is 17.1 Å². The van der Waals surface area contributed by atoms with Crippen LogP contribution in [0.3, 0.4) is 0 Å². The third-order valence-corrected chi connectivity index (χ3v) is 3.72.